The molecule has 8 heteroatoms. The van der Waals surface area contributed by atoms with Gasteiger partial charge in [-0.3, -0.25) is 0 Å². The Labute approximate surface area is 121 Å². The van der Waals surface area contributed by atoms with Gasteiger partial charge in [0.05, 0.1) is 12.7 Å². The van der Waals surface area contributed by atoms with Crippen LogP contribution in [0.2, 0.25) is 0 Å². The molecule has 116 valence electrons. The molecule has 0 amide bonds. The second-order valence-electron chi connectivity index (χ2n) is 3.75. The van der Waals surface area contributed by atoms with E-state index in [1.54, 1.807) is 0 Å². The van der Waals surface area contributed by atoms with Gasteiger partial charge in [-0.05, 0) is 12.1 Å². The van der Waals surface area contributed by atoms with Crippen molar-refractivity contribution in [1.82, 2.24) is 0 Å². The van der Waals surface area contributed by atoms with Crippen molar-refractivity contribution < 1.29 is 38.4 Å². The molecular formula is C13H16O8. The second-order valence-corrected chi connectivity index (χ2v) is 3.75. The van der Waals surface area contributed by atoms with E-state index in [9.17, 15) is 14.7 Å². The molecule has 0 aliphatic rings. The second kappa shape index (κ2) is 8.08. The zero-order chi connectivity index (χ0) is 15.8. The van der Waals surface area contributed by atoms with Crippen molar-refractivity contribution in [1.29, 1.82) is 0 Å². The maximum absolute atomic E-state index is 11.6. The summed E-state index contributed by atoms with van der Waals surface area (Å²) in [5.74, 6) is -2.07. The number of rotatable bonds is 8. The van der Waals surface area contributed by atoms with Crippen molar-refractivity contribution in [3.8, 4) is 11.5 Å². The number of ether oxygens (including phenoxy) is 5. The summed E-state index contributed by atoms with van der Waals surface area (Å²) in [6.07, 6.45) is 0. The van der Waals surface area contributed by atoms with E-state index in [1.165, 1.54) is 33.5 Å². The summed E-state index contributed by atoms with van der Waals surface area (Å²) in [5.41, 5.74) is -0.156. The summed E-state index contributed by atoms with van der Waals surface area (Å²) < 4.78 is 24.4. The van der Waals surface area contributed by atoms with Crippen LogP contribution in [0.15, 0.2) is 12.1 Å². The van der Waals surface area contributed by atoms with E-state index in [-0.39, 0.29) is 36.2 Å². The number of esters is 1. The molecule has 0 spiro atoms. The van der Waals surface area contributed by atoms with Gasteiger partial charge in [0.15, 0.2) is 13.6 Å². The third kappa shape index (κ3) is 4.33. The lowest BCUT2D eigenvalue weighted by atomic mass is 10.1. The molecule has 0 atom stereocenters. The largest absolute Gasteiger partial charge is 0.477 e. The SMILES string of the molecule is COCOc1cc(C(=O)OC)cc(OCOC)c1C(=O)O. The van der Waals surface area contributed by atoms with Gasteiger partial charge in [-0.1, -0.05) is 0 Å². The molecule has 1 N–H and O–H groups in total. The van der Waals surface area contributed by atoms with E-state index in [4.69, 9.17) is 18.9 Å². The summed E-state index contributed by atoms with van der Waals surface area (Å²) >= 11 is 0. The number of carboxylic acid groups (broad SMARTS) is 1. The average Bonchev–Trinajstić information content (AvgIpc) is 2.48. The molecule has 0 radical (unpaired) electrons. The summed E-state index contributed by atoms with van der Waals surface area (Å²) in [4.78, 5) is 23.0. The zero-order valence-corrected chi connectivity index (χ0v) is 11.9. The number of carbonyl (C=O) groups excluding carboxylic acids is 1. The Morgan fingerprint density at radius 3 is 1.81 bits per heavy atom. The number of hydrogen-bond donors (Lipinski definition) is 1. The lowest BCUT2D eigenvalue weighted by Crippen LogP contribution is -2.12. The van der Waals surface area contributed by atoms with E-state index in [2.05, 4.69) is 4.74 Å². The summed E-state index contributed by atoms with van der Waals surface area (Å²) in [5, 5.41) is 9.27. The summed E-state index contributed by atoms with van der Waals surface area (Å²) in [6, 6.07) is 2.49. The minimum atomic E-state index is -1.27. The highest BCUT2D eigenvalue weighted by Crippen LogP contribution is 2.31. The third-order valence-corrected chi connectivity index (χ3v) is 2.37. The standard InChI is InChI=1S/C13H16O8/c1-17-6-20-9-4-8(13(16)19-3)5-10(21-7-18-2)11(9)12(14)15/h4-5H,6-7H2,1-3H3,(H,14,15). The van der Waals surface area contributed by atoms with Gasteiger partial charge in [0.2, 0.25) is 0 Å². The fraction of sp³-hybridized carbons (Fsp3) is 0.385. The first-order valence-electron chi connectivity index (χ1n) is 5.78. The third-order valence-electron chi connectivity index (χ3n) is 2.37. The van der Waals surface area contributed by atoms with Crippen LogP contribution >= 0.6 is 0 Å². The van der Waals surface area contributed by atoms with Crippen LogP contribution in [0.5, 0.6) is 11.5 Å². The molecule has 0 unspecified atom stereocenters. The van der Waals surface area contributed by atoms with Gasteiger partial charge < -0.3 is 28.8 Å². The molecular weight excluding hydrogens is 284 g/mol. The lowest BCUT2D eigenvalue weighted by molar-refractivity contribution is 0.0409. The number of hydrogen-bond acceptors (Lipinski definition) is 7. The Morgan fingerprint density at radius 2 is 1.48 bits per heavy atom. The molecule has 0 heterocycles. The van der Waals surface area contributed by atoms with Crippen LogP contribution in [0.3, 0.4) is 0 Å². The maximum atomic E-state index is 11.6. The van der Waals surface area contributed by atoms with Crippen LogP contribution in [0.4, 0.5) is 0 Å². The van der Waals surface area contributed by atoms with Crippen molar-refractivity contribution in [3.05, 3.63) is 23.3 Å². The summed E-state index contributed by atoms with van der Waals surface area (Å²) in [7, 11) is 3.97. The van der Waals surface area contributed by atoms with E-state index in [1.807, 2.05) is 0 Å². The lowest BCUT2D eigenvalue weighted by Gasteiger charge is -2.14. The molecule has 0 aliphatic heterocycles. The first-order chi connectivity index (χ1) is 10.0. The van der Waals surface area contributed by atoms with Crippen molar-refractivity contribution in [2.45, 2.75) is 0 Å². The van der Waals surface area contributed by atoms with E-state index in [0.717, 1.165) is 0 Å². The number of carbonyl (C=O) groups is 2. The zero-order valence-electron chi connectivity index (χ0n) is 11.9. The minimum Gasteiger partial charge on any atom is -0.477 e. The average molecular weight is 300 g/mol. The molecule has 0 saturated carbocycles. The first kappa shape index (κ1) is 16.7. The first-order valence-corrected chi connectivity index (χ1v) is 5.78. The van der Waals surface area contributed by atoms with Gasteiger partial charge in [-0.2, -0.15) is 0 Å². The van der Waals surface area contributed by atoms with Crippen LogP contribution in [0, 0.1) is 0 Å². The Balaban J connectivity index is 3.34. The van der Waals surface area contributed by atoms with Gasteiger partial charge in [0, 0.05) is 14.2 Å². The monoisotopic (exact) mass is 300 g/mol. The van der Waals surface area contributed by atoms with Crippen LogP contribution in [-0.4, -0.2) is 52.0 Å². The predicted molar refractivity (Wildman–Crippen MR) is 69.7 cm³/mol. The normalized spacial score (nSPS) is 10.0. The number of carboxylic acids is 1. The quantitative estimate of drug-likeness (QED) is 0.563. The molecule has 0 aromatic heterocycles. The van der Waals surface area contributed by atoms with Gasteiger partial charge in [0.1, 0.15) is 17.1 Å². The maximum Gasteiger partial charge on any atom is 0.343 e. The molecule has 21 heavy (non-hydrogen) atoms. The minimum absolute atomic E-state index is 0.0710. The van der Waals surface area contributed by atoms with Crippen molar-refractivity contribution >= 4 is 11.9 Å². The van der Waals surface area contributed by atoms with Gasteiger partial charge in [-0.25, -0.2) is 9.59 Å². The highest BCUT2D eigenvalue weighted by molar-refractivity contribution is 5.98. The van der Waals surface area contributed by atoms with Gasteiger partial charge >= 0.3 is 11.9 Å². The van der Waals surface area contributed by atoms with Crippen LogP contribution < -0.4 is 9.47 Å². The number of methoxy groups -OCH3 is 3. The number of aromatic carboxylic acids is 1. The fourth-order valence-electron chi connectivity index (χ4n) is 1.51. The van der Waals surface area contributed by atoms with Gasteiger partial charge in [-0.15, -0.1) is 0 Å². The topological polar surface area (TPSA) is 101 Å². The predicted octanol–water partition coefficient (Wildman–Crippen LogP) is 1.14. The Hall–Kier alpha value is -2.32. The highest BCUT2D eigenvalue weighted by atomic mass is 16.7. The Bertz CT molecular complexity index is 482. The van der Waals surface area contributed by atoms with E-state index in [0.29, 0.717) is 0 Å². The summed E-state index contributed by atoms with van der Waals surface area (Å²) in [6.45, 7) is -0.372. The molecule has 0 saturated heterocycles. The van der Waals surface area contributed by atoms with E-state index < -0.39 is 11.9 Å². The molecule has 0 bridgehead atoms. The van der Waals surface area contributed by atoms with Crippen LogP contribution in [0.25, 0.3) is 0 Å². The molecule has 0 aliphatic carbocycles. The van der Waals surface area contributed by atoms with E-state index >= 15 is 0 Å². The van der Waals surface area contributed by atoms with Crippen molar-refractivity contribution in [2.24, 2.45) is 0 Å². The van der Waals surface area contributed by atoms with Gasteiger partial charge in [0.25, 0.3) is 0 Å². The molecule has 0 fully saturated rings. The Morgan fingerprint density at radius 1 is 1.00 bits per heavy atom. The van der Waals surface area contributed by atoms with Crippen LogP contribution in [0.1, 0.15) is 20.7 Å². The highest BCUT2D eigenvalue weighted by Gasteiger charge is 2.22. The fourth-order valence-corrected chi connectivity index (χ4v) is 1.51. The smallest absolute Gasteiger partial charge is 0.343 e. The molecule has 1 aromatic rings. The molecule has 1 rings (SSSR count). The van der Waals surface area contributed by atoms with Crippen molar-refractivity contribution in [3.63, 3.8) is 0 Å². The van der Waals surface area contributed by atoms with Crippen LogP contribution in [-0.2, 0) is 14.2 Å². The van der Waals surface area contributed by atoms with Crippen molar-refractivity contribution in [2.75, 3.05) is 34.9 Å². The number of benzene rings is 1. The Kier molecular flexibility index (Phi) is 6.44. The molecule has 1 aromatic carbocycles. The molecule has 8 nitrogen and oxygen atoms in total.